The number of aliphatic hydroxyl groups is 1. The Bertz CT molecular complexity index is 752. The molecule has 1 aliphatic carbocycles. The number of hydrogen-bond donors (Lipinski definition) is 2. The first-order valence-corrected chi connectivity index (χ1v) is 6.71. The predicted molar refractivity (Wildman–Crippen MR) is 73.9 cm³/mol. The third-order valence-corrected chi connectivity index (χ3v) is 3.99. The Morgan fingerprint density at radius 3 is 2.80 bits per heavy atom. The first-order chi connectivity index (χ1) is 9.47. The molecule has 1 aromatic rings. The summed E-state index contributed by atoms with van der Waals surface area (Å²) < 4.78 is 13.8. The van der Waals surface area contributed by atoms with Gasteiger partial charge in [0.15, 0.2) is 10.8 Å². The number of thiophene rings is 1. The fourth-order valence-corrected chi connectivity index (χ4v) is 2.94. The Kier molecular flexibility index (Phi) is 2.83. The van der Waals surface area contributed by atoms with E-state index in [-0.39, 0.29) is 21.9 Å². The summed E-state index contributed by atoms with van der Waals surface area (Å²) in [5, 5.41) is 19.2. The molecule has 20 heavy (non-hydrogen) atoms. The van der Waals surface area contributed by atoms with Crippen LogP contribution in [-0.2, 0) is 0 Å². The second-order valence-corrected chi connectivity index (χ2v) is 5.59. The van der Waals surface area contributed by atoms with Gasteiger partial charge in [-0.15, -0.1) is 0 Å². The number of allylic oxidation sites excluding steroid dienone is 5. The standard InChI is InChI=1S/C14H10FNO3S/c1-6-4-7-9(16-6)5-8(15)13(18)12(7)14(19)10-2-3-11(17)20-10/h2-4,17-18H,5H2,1H3. The summed E-state index contributed by atoms with van der Waals surface area (Å²) in [5.74, 6) is -1.92. The number of aromatic hydroxyl groups is 1. The van der Waals surface area contributed by atoms with Gasteiger partial charge >= 0.3 is 0 Å². The molecule has 0 saturated carbocycles. The molecule has 0 bridgehead atoms. The van der Waals surface area contributed by atoms with Crippen molar-refractivity contribution in [3.8, 4) is 5.06 Å². The molecule has 6 heteroatoms. The predicted octanol–water partition coefficient (Wildman–Crippen LogP) is 3.43. The Morgan fingerprint density at radius 1 is 1.40 bits per heavy atom. The molecule has 0 unspecified atom stereocenters. The van der Waals surface area contributed by atoms with Gasteiger partial charge in [0.25, 0.3) is 0 Å². The van der Waals surface area contributed by atoms with Crippen LogP contribution in [0.25, 0.3) is 0 Å². The minimum Gasteiger partial charge on any atom is -0.505 e. The van der Waals surface area contributed by atoms with E-state index in [1.807, 2.05) is 0 Å². The lowest BCUT2D eigenvalue weighted by atomic mass is 9.91. The van der Waals surface area contributed by atoms with Gasteiger partial charge in [-0.1, -0.05) is 11.3 Å². The van der Waals surface area contributed by atoms with Gasteiger partial charge in [-0.05, 0) is 25.1 Å². The number of carbonyl (C=O) groups is 1. The van der Waals surface area contributed by atoms with Crippen molar-refractivity contribution in [2.45, 2.75) is 13.3 Å². The zero-order chi connectivity index (χ0) is 14.4. The summed E-state index contributed by atoms with van der Waals surface area (Å²) in [5.41, 5.74) is 1.48. The Morgan fingerprint density at radius 2 is 2.15 bits per heavy atom. The van der Waals surface area contributed by atoms with Gasteiger partial charge < -0.3 is 10.2 Å². The van der Waals surface area contributed by atoms with E-state index in [4.69, 9.17) is 0 Å². The van der Waals surface area contributed by atoms with E-state index >= 15 is 0 Å². The molecule has 4 nitrogen and oxygen atoms in total. The minimum atomic E-state index is -0.764. The SMILES string of the molecule is CC1=CC2=C(C(=O)c3ccc(O)s3)C(O)=C(F)CC2=N1. The van der Waals surface area contributed by atoms with E-state index in [0.717, 1.165) is 11.3 Å². The largest absolute Gasteiger partial charge is 0.505 e. The normalized spacial score (nSPS) is 18.1. The summed E-state index contributed by atoms with van der Waals surface area (Å²) >= 11 is 0.883. The maximum absolute atomic E-state index is 13.8. The Balaban J connectivity index is 2.16. The van der Waals surface area contributed by atoms with Crippen LogP contribution in [0, 0.1) is 0 Å². The average molecular weight is 291 g/mol. The number of aliphatic hydroxyl groups excluding tert-OH is 1. The highest BCUT2D eigenvalue weighted by atomic mass is 32.1. The highest BCUT2D eigenvalue weighted by Crippen LogP contribution is 2.36. The van der Waals surface area contributed by atoms with Gasteiger partial charge in [-0.25, -0.2) is 4.39 Å². The molecule has 2 heterocycles. The number of rotatable bonds is 2. The minimum absolute atomic E-state index is 0.00858. The molecular weight excluding hydrogens is 281 g/mol. The van der Waals surface area contributed by atoms with Crippen molar-refractivity contribution in [2.75, 3.05) is 0 Å². The molecule has 0 aromatic carbocycles. The van der Waals surface area contributed by atoms with Gasteiger partial charge in [0.1, 0.15) is 5.83 Å². The molecule has 2 aliphatic rings. The van der Waals surface area contributed by atoms with E-state index in [1.54, 1.807) is 13.0 Å². The van der Waals surface area contributed by atoms with Crippen LogP contribution in [0.4, 0.5) is 4.39 Å². The third kappa shape index (κ3) is 1.89. The summed E-state index contributed by atoms with van der Waals surface area (Å²) in [4.78, 5) is 16.8. The molecule has 0 radical (unpaired) electrons. The van der Waals surface area contributed by atoms with E-state index in [0.29, 0.717) is 17.0 Å². The van der Waals surface area contributed by atoms with E-state index in [9.17, 15) is 19.4 Å². The van der Waals surface area contributed by atoms with Crippen molar-refractivity contribution in [3.63, 3.8) is 0 Å². The van der Waals surface area contributed by atoms with Crippen LogP contribution in [0.1, 0.15) is 23.0 Å². The van der Waals surface area contributed by atoms with Crippen LogP contribution < -0.4 is 0 Å². The van der Waals surface area contributed by atoms with Crippen LogP contribution in [0.5, 0.6) is 5.06 Å². The molecule has 0 spiro atoms. The zero-order valence-corrected chi connectivity index (χ0v) is 11.3. The van der Waals surface area contributed by atoms with Gasteiger partial charge in [0.2, 0.25) is 5.78 Å². The summed E-state index contributed by atoms with van der Waals surface area (Å²) in [7, 11) is 0. The summed E-state index contributed by atoms with van der Waals surface area (Å²) in [6.07, 6.45) is 1.54. The molecule has 3 rings (SSSR count). The second-order valence-electron chi connectivity index (χ2n) is 4.53. The second kappa shape index (κ2) is 4.42. The number of hydrogen-bond acceptors (Lipinski definition) is 5. The average Bonchev–Trinajstić information content (AvgIpc) is 2.95. The van der Waals surface area contributed by atoms with Crippen molar-refractivity contribution in [1.29, 1.82) is 0 Å². The molecule has 1 aliphatic heterocycles. The van der Waals surface area contributed by atoms with Crippen molar-refractivity contribution in [2.24, 2.45) is 4.99 Å². The molecule has 0 atom stereocenters. The van der Waals surface area contributed by atoms with Crippen LogP contribution in [0.3, 0.4) is 0 Å². The number of carbonyl (C=O) groups excluding carboxylic acids is 1. The first kappa shape index (κ1) is 12.8. The summed E-state index contributed by atoms with van der Waals surface area (Å²) in [6.45, 7) is 1.74. The number of fused-ring (bicyclic) bond motifs is 1. The van der Waals surface area contributed by atoms with E-state index in [1.165, 1.54) is 12.1 Å². The molecule has 102 valence electrons. The smallest absolute Gasteiger partial charge is 0.207 e. The van der Waals surface area contributed by atoms with Crippen molar-refractivity contribution in [1.82, 2.24) is 0 Å². The fourth-order valence-electron chi connectivity index (χ4n) is 2.25. The third-order valence-electron chi connectivity index (χ3n) is 3.10. The van der Waals surface area contributed by atoms with Crippen molar-refractivity contribution in [3.05, 3.63) is 51.5 Å². The molecular formula is C14H10FNO3S. The zero-order valence-electron chi connectivity index (χ0n) is 10.5. The van der Waals surface area contributed by atoms with Gasteiger partial charge in [0, 0.05) is 17.7 Å². The number of Topliss-reactive ketones (excluding diaryl/α,β-unsaturated/α-hetero) is 1. The molecule has 0 fully saturated rings. The lowest BCUT2D eigenvalue weighted by Gasteiger charge is -2.16. The number of aliphatic imine (C=N–C) groups is 1. The number of nitrogens with zero attached hydrogens (tertiary/aromatic N) is 1. The quantitative estimate of drug-likeness (QED) is 0.820. The van der Waals surface area contributed by atoms with Gasteiger partial charge in [-0.3, -0.25) is 9.79 Å². The first-order valence-electron chi connectivity index (χ1n) is 5.89. The van der Waals surface area contributed by atoms with Crippen LogP contribution in [0.15, 0.2) is 51.6 Å². The van der Waals surface area contributed by atoms with E-state index in [2.05, 4.69) is 4.99 Å². The lowest BCUT2D eigenvalue weighted by molar-refractivity contribution is 0.103. The number of ketones is 1. The van der Waals surface area contributed by atoms with E-state index < -0.39 is 17.4 Å². The van der Waals surface area contributed by atoms with Crippen LogP contribution >= 0.6 is 11.3 Å². The molecule has 0 saturated heterocycles. The summed E-state index contributed by atoms with van der Waals surface area (Å²) in [6, 6.07) is 2.83. The maximum atomic E-state index is 13.8. The molecule has 2 N–H and O–H groups in total. The molecule has 0 amide bonds. The highest BCUT2D eigenvalue weighted by Gasteiger charge is 2.33. The maximum Gasteiger partial charge on any atom is 0.207 e. The van der Waals surface area contributed by atoms with Crippen molar-refractivity contribution < 1.29 is 19.4 Å². The monoisotopic (exact) mass is 291 g/mol. The van der Waals surface area contributed by atoms with Crippen molar-refractivity contribution >= 4 is 22.8 Å². The Labute approximate surface area is 117 Å². The molecule has 1 aromatic heterocycles. The number of halogens is 1. The lowest BCUT2D eigenvalue weighted by Crippen LogP contribution is -2.17. The van der Waals surface area contributed by atoms with Gasteiger partial charge in [-0.2, -0.15) is 0 Å². The van der Waals surface area contributed by atoms with Gasteiger partial charge in [0.05, 0.1) is 16.2 Å². The topological polar surface area (TPSA) is 69.9 Å². The van der Waals surface area contributed by atoms with Crippen LogP contribution in [0.2, 0.25) is 0 Å². The highest BCUT2D eigenvalue weighted by molar-refractivity contribution is 7.15. The van der Waals surface area contributed by atoms with Crippen LogP contribution in [-0.4, -0.2) is 21.7 Å². The Hall–Kier alpha value is -2.21. The fraction of sp³-hybridized carbons (Fsp3) is 0.143.